The lowest BCUT2D eigenvalue weighted by atomic mass is 9.85. The molecule has 0 aromatic rings. The highest BCUT2D eigenvalue weighted by molar-refractivity contribution is 5.87. The fourth-order valence-corrected chi connectivity index (χ4v) is 5.51. The molecule has 10 heteroatoms. The summed E-state index contributed by atoms with van der Waals surface area (Å²) in [6.07, 6.45) is 8.59. The lowest BCUT2D eigenvalue weighted by molar-refractivity contribution is -0.147. The average molecular weight is 534 g/mol. The normalized spacial score (nSPS) is 29.1. The number of amides is 2. The van der Waals surface area contributed by atoms with Gasteiger partial charge in [-0.15, -0.1) is 0 Å². The molecule has 0 aromatic heterocycles. The van der Waals surface area contributed by atoms with Crippen LogP contribution in [0.2, 0.25) is 0 Å². The van der Waals surface area contributed by atoms with Gasteiger partial charge in [-0.3, -0.25) is 14.6 Å². The molecule has 1 unspecified atom stereocenters. The molecular formula is C28H38F3N5O2. The van der Waals surface area contributed by atoms with Gasteiger partial charge in [0.1, 0.15) is 30.5 Å². The zero-order chi connectivity index (χ0) is 27.2. The maximum atomic E-state index is 13.9. The smallest absolute Gasteiger partial charge is 0.243 e. The van der Waals surface area contributed by atoms with E-state index < -0.39 is 18.5 Å². The quantitative estimate of drug-likeness (QED) is 0.452. The van der Waals surface area contributed by atoms with Crippen molar-refractivity contribution in [3.63, 3.8) is 0 Å². The van der Waals surface area contributed by atoms with Crippen LogP contribution in [0.4, 0.5) is 13.2 Å². The number of rotatable bonds is 9. The molecule has 7 nitrogen and oxygen atoms in total. The Morgan fingerprint density at radius 2 is 2.05 bits per heavy atom. The van der Waals surface area contributed by atoms with Crippen molar-refractivity contribution < 1.29 is 22.8 Å². The number of alkyl halides is 2. The number of carbonyl (C=O) groups is 2. The first-order chi connectivity index (χ1) is 18.3. The molecule has 0 spiro atoms. The van der Waals surface area contributed by atoms with E-state index in [0.717, 1.165) is 11.3 Å². The van der Waals surface area contributed by atoms with Gasteiger partial charge in [0, 0.05) is 31.9 Å². The lowest BCUT2D eigenvalue weighted by Gasteiger charge is -2.39. The molecule has 0 radical (unpaired) electrons. The van der Waals surface area contributed by atoms with Gasteiger partial charge in [-0.1, -0.05) is 25.7 Å². The largest absolute Gasteiger partial charge is 0.363 e. The maximum Gasteiger partial charge on any atom is 0.243 e. The van der Waals surface area contributed by atoms with Crippen LogP contribution >= 0.6 is 0 Å². The molecule has 3 heterocycles. The summed E-state index contributed by atoms with van der Waals surface area (Å²) in [5, 5.41) is 3.49. The van der Waals surface area contributed by atoms with Crippen molar-refractivity contribution in [2.75, 3.05) is 26.2 Å². The minimum atomic E-state index is -0.941. The molecule has 3 aliphatic heterocycles. The van der Waals surface area contributed by atoms with E-state index in [0.29, 0.717) is 38.6 Å². The minimum Gasteiger partial charge on any atom is -0.363 e. The van der Waals surface area contributed by atoms with Gasteiger partial charge in [0.05, 0.1) is 18.8 Å². The van der Waals surface area contributed by atoms with E-state index in [1.165, 1.54) is 22.1 Å². The fraction of sp³-hybridized carbons (Fsp3) is 0.607. The van der Waals surface area contributed by atoms with Gasteiger partial charge >= 0.3 is 0 Å². The van der Waals surface area contributed by atoms with Crippen molar-refractivity contribution >= 4 is 18.0 Å². The molecular weight excluding hydrogens is 495 g/mol. The molecule has 4 aliphatic rings. The van der Waals surface area contributed by atoms with E-state index >= 15 is 0 Å². The van der Waals surface area contributed by atoms with Crippen LogP contribution < -0.4 is 5.32 Å². The van der Waals surface area contributed by atoms with Crippen LogP contribution in [0, 0.1) is 5.92 Å². The second-order valence-electron chi connectivity index (χ2n) is 10.4. The topological polar surface area (TPSA) is 68.2 Å². The summed E-state index contributed by atoms with van der Waals surface area (Å²) in [6, 6.07) is 0. The predicted molar refractivity (Wildman–Crippen MR) is 141 cm³/mol. The molecule has 208 valence electrons. The van der Waals surface area contributed by atoms with Crippen molar-refractivity contribution in [2.45, 2.75) is 76.5 Å². The molecule has 0 bridgehead atoms. The van der Waals surface area contributed by atoms with Crippen molar-refractivity contribution in [1.82, 2.24) is 20.0 Å². The van der Waals surface area contributed by atoms with Gasteiger partial charge in [-0.05, 0) is 56.1 Å². The minimum absolute atomic E-state index is 0.0482. The number of carbonyl (C=O) groups excluding carboxylic acids is 2. The zero-order valence-corrected chi connectivity index (χ0v) is 22.0. The Morgan fingerprint density at radius 1 is 1.29 bits per heavy atom. The van der Waals surface area contributed by atoms with E-state index in [4.69, 9.17) is 0 Å². The summed E-state index contributed by atoms with van der Waals surface area (Å²) in [7, 11) is 0. The highest BCUT2D eigenvalue weighted by Gasteiger charge is 2.37. The Balaban J connectivity index is 1.44. The third-order valence-corrected chi connectivity index (χ3v) is 7.85. The Kier molecular flexibility index (Phi) is 9.33. The van der Waals surface area contributed by atoms with E-state index in [1.54, 1.807) is 13.0 Å². The Bertz CT molecular complexity index is 1020. The van der Waals surface area contributed by atoms with Crippen LogP contribution in [0.3, 0.4) is 0 Å². The molecule has 1 aliphatic carbocycles. The number of dihydropyridines is 1. The molecule has 0 aromatic carbocycles. The highest BCUT2D eigenvalue weighted by atomic mass is 19.1. The van der Waals surface area contributed by atoms with Gasteiger partial charge in [0.2, 0.25) is 11.8 Å². The molecule has 2 amide bonds. The zero-order valence-electron chi connectivity index (χ0n) is 22.0. The van der Waals surface area contributed by atoms with Gasteiger partial charge in [-0.2, -0.15) is 0 Å². The number of halogens is 3. The first-order valence-electron chi connectivity index (χ1n) is 13.6. The van der Waals surface area contributed by atoms with Crippen LogP contribution in [0.1, 0.15) is 51.9 Å². The number of piperazine rings is 1. The summed E-state index contributed by atoms with van der Waals surface area (Å²) in [4.78, 5) is 35.3. The monoisotopic (exact) mass is 533 g/mol. The predicted octanol–water partition coefficient (Wildman–Crippen LogP) is 4.16. The Labute approximate surface area is 222 Å². The van der Waals surface area contributed by atoms with E-state index in [9.17, 15) is 22.8 Å². The molecule has 1 saturated heterocycles. The molecule has 3 atom stereocenters. The average Bonchev–Trinajstić information content (AvgIpc) is 3.32. The summed E-state index contributed by atoms with van der Waals surface area (Å²) < 4.78 is 41.4. The molecule has 1 saturated carbocycles. The summed E-state index contributed by atoms with van der Waals surface area (Å²) in [6.45, 7) is 6.27. The van der Waals surface area contributed by atoms with Crippen LogP contribution in [0.25, 0.3) is 0 Å². The van der Waals surface area contributed by atoms with Crippen molar-refractivity contribution in [1.29, 1.82) is 0 Å². The molecule has 1 N–H and O–H groups in total. The number of nitrogens with one attached hydrogen (secondary N) is 1. The van der Waals surface area contributed by atoms with E-state index in [-0.39, 0.29) is 62.2 Å². The SMILES string of the molecule is C=C/C(=C\C[C@H](F)CC)C1=CN(CC(=O)N2CCN(C3CC(F)=CC=N3)C(=O)C2)[C@H](C2CCC(F)CC2)N1. The number of hydrogen-bond donors (Lipinski definition) is 1. The van der Waals surface area contributed by atoms with E-state index in [2.05, 4.69) is 16.9 Å². The van der Waals surface area contributed by atoms with Crippen molar-refractivity contribution in [3.05, 3.63) is 48.1 Å². The van der Waals surface area contributed by atoms with Gasteiger partial charge in [-0.25, -0.2) is 13.2 Å². The lowest BCUT2D eigenvalue weighted by Crippen LogP contribution is -2.57. The fourth-order valence-electron chi connectivity index (χ4n) is 5.51. The number of aliphatic imine (C=N–C) groups is 1. The summed E-state index contributed by atoms with van der Waals surface area (Å²) >= 11 is 0. The second kappa shape index (κ2) is 12.7. The first-order valence-corrected chi connectivity index (χ1v) is 13.6. The number of nitrogens with zero attached hydrogens (tertiary/aromatic N) is 4. The second-order valence-corrected chi connectivity index (χ2v) is 10.4. The first kappa shape index (κ1) is 28.0. The maximum absolute atomic E-state index is 13.9. The molecule has 4 rings (SSSR count). The van der Waals surface area contributed by atoms with Gasteiger partial charge < -0.3 is 20.0 Å². The standard InChI is InChI=1S/C28H38F3N5O2/c1-3-19(5-8-21(29)4-2)24-16-35(28(33-24)20-6-9-22(30)10-7-20)17-26(37)34-13-14-36(27(38)18-34)25-15-23(31)11-12-32-25/h3,5,11-12,16,20-22,25,28,33H,1,4,6-10,13-15,17-18H2,2H3/b19-5+/t20?,21-,22?,25?,28-/m1/s1. The van der Waals surface area contributed by atoms with Gasteiger partial charge in [0.25, 0.3) is 0 Å². The molecule has 38 heavy (non-hydrogen) atoms. The van der Waals surface area contributed by atoms with Crippen LogP contribution in [0.15, 0.2) is 53.1 Å². The number of hydrogen-bond acceptors (Lipinski definition) is 5. The van der Waals surface area contributed by atoms with Crippen molar-refractivity contribution in [2.24, 2.45) is 10.9 Å². The third kappa shape index (κ3) is 6.69. The Morgan fingerprint density at radius 3 is 2.71 bits per heavy atom. The third-order valence-electron chi connectivity index (χ3n) is 7.85. The Hall–Kier alpha value is -3.04. The van der Waals surface area contributed by atoms with Crippen LogP contribution in [0.5, 0.6) is 0 Å². The van der Waals surface area contributed by atoms with Crippen LogP contribution in [-0.2, 0) is 9.59 Å². The molecule has 2 fully saturated rings. The highest BCUT2D eigenvalue weighted by Crippen LogP contribution is 2.34. The van der Waals surface area contributed by atoms with Gasteiger partial charge in [0.15, 0.2) is 0 Å². The van der Waals surface area contributed by atoms with Crippen LogP contribution in [-0.4, -0.2) is 83.6 Å². The summed E-state index contributed by atoms with van der Waals surface area (Å²) in [5.74, 6) is -0.634. The van der Waals surface area contributed by atoms with E-state index in [1.807, 2.05) is 17.2 Å². The number of allylic oxidation sites excluding steroid dienone is 3. The summed E-state index contributed by atoms with van der Waals surface area (Å²) in [5.41, 5.74) is 1.52. The van der Waals surface area contributed by atoms with Crippen molar-refractivity contribution in [3.8, 4) is 0 Å².